The van der Waals surface area contributed by atoms with Crippen molar-refractivity contribution in [1.29, 1.82) is 0 Å². The number of hydrogen-bond donors (Lipinski definition) is 3. The molecular weight excluding hydrogens is 140 g/mol. The van der Waals surface area contributed by atoms with Gasteiger partial charge in [-0.2, -0.15) is 0 Å². The lowest BCUT2D eigenvalue weighted by atomic mass is 10.2. The molecule has 0 saturated heterocycles. The van der Waals surface area contributed by atoms with E-state index in [2.05, 4.69) is 4.74 Å². The first-order valence-electron chi connectivity index (χ1n) is 2.64. The Kier molecular flexibility index (Phi) is 2.77. The van der Waals surface area contributed by atoms with E-state index >= 15 is 0 Å². The van der Waals surface area contributed by atoms with Gasteiger partial charge in [0.2, 0.25) is 0 Å². The van der Waals surface area contributed by atoms with Crippen LogP contribution in [-0.4, -0.2) is 40.3 Å². The summed E-state index contributed by atoms with van der Waals surface area (Å²) in [5, 5.41) is 26.0. The van der Waals surface area contributed by atoms with Gasteiger partial charge in [-0.25, -0.2) is 4.79 Å². The third kappa shape index (κ3) is 1.66. The summed E-state index contributed by atoms with van der Waals surface area (Å²) in [6, 6.07) is 0. The van der Waals surface area contributed by atoms with Crippen LogP contribution in [0.15, 0.2) is 0 Å². The number of carbonyl (C=O) groups excluding carboxylic acids is 1. The lowest BCUT2D eigenvalue weighted by Crippen LogP contribution is -2.48. The van der Waals surface area contributed by atoms with E-state index in [0.29, 0.717) is 0 Å². The summed E-state index contributed by atoms with van der Waals surface area (Å²) in [5.74, 6) is -4.07. The van der Waals surface area contributed by atoms with E-state index in [0.717, 1.165) is 14.0 Å². The standard InChI is InChI=1S/C5H10O5/c1-3(6)5(8,9)4(7)10-2/h3,6,8-9H,1-2H3. The molecule has 3 N–H and O–H groups in total. The van der Waals surface area contributed by atoms with Crippen LogP contribution < -0.4 is 0 Å². The van der Waals surface area contributed by atoms with E-state index in [-0.39, 0.29) is 0 Å². The van der Waals surface area contributed by atoms with E-state index < -0.39 is 17.9 Å². The van der Waals surface area contributed by atoms with Gasteiger partial charge in [-0.1, -0.05) is 0 Å². The van der Waals surface area contributed by atoms with E-state index in [1.807, 2.05) is 0 Å². The van der Waals surface area contributed by atoms with Crippen molar-refractivity contribution in [2.75, 3.05) is 7.11 Å². The van der Waals surface area contributed by atoms with Gasteiger partial charge in [0.15, 0.2) is 0 Å². The Morgan fingerprint density at radius 2 is 2.00 bits per heavy atom. The molecule has 0 bridgehead atoms. The first-order chi connectivity index (χ1) is 4.42. The lowest BCUT2D eigenvalue weighted by molar-refractivity contribution is -0.235. The summed E-state index contributed by atoms with van der Waals surface area (Å²) >= 11 is 0. The van der Waals surface area contributed by atoms with Crippen molar-refractivity contribution in [2.24, 2.45) is 0 Å². The summed E-state index contributed by atoms with van der Waals surface area (Å²) in [7, 11) is 0.992. The number of rotatable bonds is 2. The third-order valence-electron chi connectivity index (χ3n) is 1.07. The number of carbonyl (C=O) groups is 1. The maximum Gasteiger partial charge on any atom is 0.369 e. The summed E-state index contributed by atoms with van der Waals surface area (Å²) in [6.07, 6.45) is -1.57. The van der Waals surface area contributed by atoms with Crippen molar-refractivity contribution < 1.29 is 24.9 Å². The van der Waals surface area contributed by atoms with E-state index in [9.17, 15) is 4.79 Å². The Morgan fingerprint density at radius 1 is 1.60 bits per heavy atom. The van der Waals surface area contributed by atoms with Gasteiger partial charge in [0, 0.05) is 0 Å². The van der Waals surface area contributed by atoms with Crippen molar-refractivity contribution in [3.63, 3.8) is 0 Å². The maximum atomic E-state index is 10.4. The van der Waals surface area contributed by atoms with Crippen molar-refractivity contribution in [3.8, 4) is 0 Å². The van der Waals surface area contributed by atoms with E-state index in [1.54, 1.807) is 0 Å². The molecule has 0 fully saturated rings. The normalized spacial score (nSPS) is 14.5. The molecule has 1 unspecified atom stereocenters. The Balaban J connectivity index is 4.24. The minimum Gasteiger partial charge on any atom is -0.465 e. The molecule has 0 aliphatic carbocycles. The zero-order chi connectivity index (χ0) is 8.36. The minimum atomic E-state index is -2.80. The fraction of sp³-hybridized carbons (Fsp3) is 0.800. The molecule has 5 heteroatoms. The molecule has 0 heterocycles. The van der Waals surface area contributed by atoms with Gasteiger partial charge in [-0.3, -0.25) is 0 Å². The monoisotopic (exact) mass is 150 g/mol. The fourth-order valence-corrected chi connectivity index (χ4v) is 0.321. The molecular formula is C5H10O5. The number of hydrogen-bond acceptors (Lipinski definition) is 5. The second-order valence-corrected chi connectivity index (χ2v) is 1.89. The summed E-state index contributed by atoms with van der Waals surface area (Å²) in [5.41, 5.74) is 0. The van der Waals surface area contributed by atoms with Gasteiger partial charge in [0.1, 0.15) is 6.10 Å². The van der Waals surface area contributed by atoms with E-state index in [1.165, 1.54) is 0 Å². The van der Waals surface area contributed by atoms with Crippen LogP contribution in [0, 0.1) is 0 Å². The molecule has 60 valence electrons. The molecule has 0 aromatic rings. The molecule has 0 aliphatic rings. The molecule has 0 amide bonds. The smallest absolute Gasteiger partial charge is 0.369 e. The Hall–Kier alpha value is -0.650. The molecule has 0 spiro atoms. The van der Waals surface area contributed by atoms with Crippen LogP contribution in [0.1, 0.15) is 6.92 Å². The first kappa shape index (κ1) is 9.35. The quantitative estimate of drug-likeness (QED) is 0.320. The van der Waals surface area contributed by atoms with Gasteiger partial charge in [0.05, 0.1) is 7.11 Å². The zero-order valence-electron chi connectivity index (χ0n) is 5.74. The molecule has 0 saturated carbocycles. The number of aliphatic hydroxyl groups is 3. The molecule has 1 atom stereocenters. The van der Waals surface area contributed by atoms with Crippen LogP contribution in [0.4, 0.5) is 0 Å². The first-order valence-corrected chi connectivity index (χ1v) is 2.64. The van der Waals surface area contributed by atoms with Gasteiger partial charge < -0.3 is 20.1 Å². The molecule has 10 heavy (non-hydrogen) atoms. The van der Waals surface area contributed by atoms with Crippen LogP contribution >= 0.6 is 0 Å². The highest BCUT2D eigenvalue weighted by Gasteiger charge is 2.39. The molecule has 0 rings (SSSR count). The highest BCUT2D eigenvalue weighted by Crippen LogP contribution is 2.07. The largest absolute Gasteiger partial charge is 0.465 e. The number of aliphatic hydroxyl groups excluding tert-OH is 1. The van der Waals surface area contributed by atoms with Crippen LogP contribution in [-0.2, 0) is 9.53 Å². The highest BCUT2D eigenvalue weighted by atomic mass is 16.6. The SMILES string of the molecule is COC(=O)C(O)(O)C(C)O. The van der Waals surface area contributed by atoms with Crippen molar-refractivity contribution in [1.82, 2.24) is 0 Å². The average Bonchev–Trinajstić information content (AvgIpc) is 1.86. The van der Waals surface area contributed by atoms with Gasteiger partial charge in [-0.05, 0) is 6.92 Å². The van der Waals surface area contributed by atoms with Crippen molar-refractivity contribution >= 4 is 5.97 Å². The molecule has 0 aromatic heterocycles. The fourth-order valence-electron chi connectivity index (χ4n) is 0.321. The van der Waals surface area contributed by atoms with Gasteiger partial charge >= 0.3 is 5.97 Å². The Labute approximate surface area is 57.9 Å². The second kappa shape index (κ2) is 2.96. The predicted octanol–water partition coefficient (Wildman–Crippen LogP) is -1.78. The zero-order valence-corrected chi connectivity index (χ0v) is 5.74. The van der Waals surface area contributed by atoms with E-state index in [4.69, 9.17) is 15.3 Å². The number of ether oxygens (including phenoxy) is 1. The third-order valence-corrected chi connectivity index (χ3v) is 1.07. The number of methoxy groups -OCH3 is 1. The highest BCUT2D eigenvalue weighted by molar-refractivity contribution is 5.77. The van der Waals surface area contributed by atoms with Crippen LogP contribution in [0.5, 0.6) is 0 Å². The van der Waals surface area contributed by atoms with Crippen molar-refractivity contribution in [3.05, 3.63) is 0 Å². The van der Waals surface area contributed by atoms with Crippen molar-refractivity contribution in [2.45, 2.75) is 18.8 Å². The maximum absolute atomic E-state index is 10.4. The average molecular weight is 150 g/mol. The predicted molar refractivity (Wildman–Crippen MR) is 30.9 cm³/mol. The minimum absolute atomic E-state index is 0.992. The molecule has 5 nitrogen and oxygen atoms in total. The summed E-state index contributed by atoms with van der Waals surface area (Å²) < 4.78 is 3.98. The molecule has 0 radical (unpaired) electrons. The van der Waals surface area contributed by atoms with Crippen LogP contribution in [0.25, 0.3) is 0 Å². The Morgan fingerprint density at radius 3 is 2.10 bits per heavy atom. The second-order valence-electron chi connectivity index (χ2n) is 1.89. The lowest BCUT2D eigenvalue weighted by Gasteiger charge is -2.20. The van der Waals surface area contributed by atoms with Gasteiger partial charge in [-0.15, -0.1) is 0 Å². The van der Waals surface area contributed by atoms with Gasteiger partial charge in [0.25, 0.3) is 5.79 Å². The molecule has 0 aromatic carbocycles. The van der Waals surface area contributed by atoms with Crippen LogP contribution in [0.3, 0.4) is 0 Å². The summed E-state index contributed by atoms with van der Waals surface area (Å²) in [6.45, 7) is 1.07. The van der Waals surface area contributed by atoms with Crippen LogP contribution in [0.2, 0.25) is 0 Å². The Bertz CT molecular complexity index is 128. The number of esters is 1. The summed E-state index contributed by atoms with van der Waals surface area (Å²) in [4.78, 5) is 10.4. The topological polar surface area (TPSA) is 87.0 Å². The molecule has 0 aliphatic heterocycles.